The summed E-state index contributed by atoms with van der Waals surface area (Å²) in [7, 11) is 0. The van der Waals surface area contributed by atoms with E-state index in [0.29, 0.717) is 0 Å². The molecule has 2 heteroatoms. The molecule has 0 aliphatic heterocycles. The molecule has 3 rings (SSSR count). The number of hydrogen-bond acceptors (Lipinski definition) is 2. The fourth-order valence-corrected chi connectivity index (χ4v) is 2.36. The van der Waals surface area contributed by atoms with Crippen molar-refractivity contribution in [1.82, 2.24) is 9.97 Å². The third-order valence-corrected chi connectivity index (χ3v) is 2.92. The molecule has 2 nitrogen and oxygen atoms in total. The summed E-state index contributed by atoms with van der Waals surface area (Å²) in [6.07, 6.45) is 0.954. The Morgan fingerprint density at radius 2 is 1.87 bits per heavy atom. The molecule has 1 heterocycles. The topological polar surface area (TPSA) is 25.8 Å². The first-order chi connectivity index (χ1) is 7.25. The Morgan fingerprint density at radius 1 is 1.07 bits per heavy atom. The van der Waals surface area contributed by atoms with Gasteiger partial charge in [0.05, 0.1) is 5.69 Å². The molecule has 0 fully saturated rings. The maximum absolute atomic E-state index is 4.52. The van der Waals surface area contributed by atoms with Crippen LogP contribution in [-0.2, 0) is 6.42 Å². The van der Waals surface area contributed by atoms with E-state index in [4.69, 9.17) is 0 Å². The molecule has 0 atom stereocenters. The third-order valence-electron chi connectivity index (χ3n) is 2.92. The molecule has 0 amide bonds. The van der Waals surface area contributed by atoms with Crippen molar-refractivity contribution in [2.24, 2.45) is 0 Å². The fraction of sp³-hybridized carbons (Fsp3) is 0.231. The number of aryl methyl sites for hydroxylation is 2. The van der Waals surface area contributed by atoms with Crippen LogP contribution in [0, 0.1) is 13.8 Å². The Labute approximate surface area is 89.0 Å². The van der Waals surface area contributed by atoms with E-state index in [1.54, 1.807) is 0 Å². The van der Waals surface area contributed by atoms with Crippen molar-refractivity contribution in [3.8, 4) is 11.1 Å². The monoisotopic (exact) mass is 196 g/mol. The van der Waals surface area contributed by atoms with Gasteiger partial charge in [-0.2, -0.15) is 0 Å². The SMILES string of the molecule is Cc1nc(C)c2c(n1)Cc1ccccc1-2. The fourth-order valence-electron chi connectivity index (χ4n) is 2.36. The van der Waals surface area contributed by atoms with Gasteiger partial charge in [-0.15, -0.1) is 0 Å². The Balaban J connectivity index is 2.33. The molecule has 0 saturated heterocycles. The normalized spacial score (nSPS) is 12.4. The summed E-state index contributed by atoms with van der Waals surface area (Å²) in [5.41, 5.74) is 6.21. The molecule has 1 aliphatic carbocycles. The lowest BCUT2D eigenvalue weighted by Gasteiger charge is -2.04. The minimum atomic E-state index is 0.874. The van der Waals surface area contributed by atoms with Crippen molar-refractivity contribution in [2.75, 3.05) is 0 Å². The standard InChI is InChI=1S/C13H12N2/c1-8-13-11-6-4-3-5-10(11)7-12(13)15-9(2)14-8/h3-6H,7H2,1-2H3. The van der Waals surface area contributed by atoms with Crippen LogP contribution in [0.1, 0.15) is 22.8 Å². The Morgan fingerprint density at radius 3 is 2.73 bits per heavy atom. The Bertz CT molecular complexity index is 544. The van der Waals surface area contributed by atoms with Gasteiger partial charge in [0.25, 0.3) is 0 Å². The van der Waals surface area contributed by atoms with Crippen LogP contribution in [0.4, 0.5) is 0 Å². The largest absolute Gasteiger partial charge is 0.238 e. The minimum absolute atomic E-state index is 0.874. The highest BCUT2D eigenvalue weighted by molar-refractivity contribution is 5.76. The van der Waals surface area contributed by atoms with E-state index in [-0.39, 0.29) is 0 Å². The Hall–Kier alpha value is -1.70. The zero-order valence-electron chi connectivity index (χ0n) is 8.91. The highest BCUT2D eigenvalue weighted by Gasteiger charge is 2.21. The van der Waals surface area contributed by atoms with Gasteiger partial charge >= 0.3 is 0 Å². The number of aromatic nitrogens is 2. The second-order valence-electron chi connectivity index (χ2n) is 4.01. The summed E-state index contributed by atoms with van der Waals surface area (Å²) in [5.74, 6) is 0.874. The van der Waals surface area contributed by atoms with Crippen LogP contribution in [0.3, 0.4) is 0 Å². The van der Waals surface area contributed by atoms with Crippen LogP contribution < -0.4 is 0 Å². The molecule has 1 aliphatic rings. The lowest BCUT2D eigenvalue weighted by molar-refractivity contribution is 0.967. The van der Waals surface area contributed by atoms with Gasteiger partial charge in [-0.25, -0.2) is 9.97 Å². The lowest BCUT2D eigenvalue weighted by Crippen LogP contribution is -1.97. The molecule has 0 saturated carbocycles. The van der Waals surface area contributed by atoms with Gasteiger partial charge in [0.1, 0.15) is 5.82 Å². The predicted molar refractivity (Wildman–Crippen MR) is 59.7 cm³/mol. The summed E-state index contributed by atoms with van der Waals surface area (Å²) in [6, 6.07) is 8.49. The van der Waals surface area contributed by atoms with Crippen molar-refractivity contribution < 1.29 is 0 Å². The second kappa shape index (κ2) is 2.89. The number of hydrogen-bond donors (Lipinski definition) is 0. The summed E-state index contributed by atoms with van der Waals surface area (Å²) >= 11 is 0. The molecule has 1 aromatic heterocycles. The molecule has 1 aromatic carbocycles. The summed E-state index contributed by atoms with van der Waals surface area (Å²) in [4.78, 5) is 8.95. The maximum atomic E-state index is 4.52. The van der Waals surface area contributed by atoms with Crippen molar-refractivity contribution in [3.63, 3.8) is 0 Å². The van der Waals surface area contributed by atoms with Gasteiger partial charge < -0.3 is 0 Å². The van der Waals surface area contributed by atoms with Crippen molar-refractivity contribution in [1.29, 1.82) is 0 Å². The first kappa shape index (κ1) is 8.60. The molecule has 2 aromatic rings. The van der Waals surface area contributed by atoms with E-state index in [0.717, 1.165) is 17.9 Å². The van der Waals surface area contributed by atoms with Crippen molar-refractivity contribution in [2.45, 2.75) is 20.3 Å². The first-order valence-corrected chi connectivity index (χ1v) is 5.18. The maximum Gasteiger partial charge on any atom is 0.125 e. The molecule has 0 bridgehead atoms. The lowest BCUT2D eigenvalue weighted by atomic mass is 10.1. The Kier molecular flexibility index (Phi) is 1.66. The van der Waals surface area contributed by atoms with Crippen molar-refractivity contribution >= 4 is 0 Å². The quantitative estimate of drug-likeness (QED) is 0.552. The second-order valence-corrected chi connectivity index (χ2v) is 4.01. The zero-order chi connectivity index (χ0) is 10.4. The van der Waals surface area contributed by atoms with Crippen LogP contribution in [0.15, 0.2) is 24.3 Å². The third kappa shape index (κ3) is 1.18. The van der Waals surface area contributed by atoms with Gasteiger partial charge in [0.15, 0.2) is 0 Å². The van der Waals surface area contributed by atoms with Gasteiger partial charge in [-0.05, 0) is 25.0 Å². The van der Waals surface area contributed by atoms with E-state index >= 15 is 0 Å². The molecule has 0 unspecified atom stereocenters. The summed E-state index contributed by atoms with van der Waals surface area (Å²) in [6.45, 7) is 4.02. The van der Waals surface area contributed by atoms with Crippen LogP contribution in [0.5, 0.6) is 0 Å². The highest BCUT2D eigenvalue weighted by Crippen LogP contribution is 2.36. The minimum Gasteiger partial charge on any atom is -0.238 e. The van der Waals surface area contributed by atoms with Gasteiger partial charge in [-0.3, -0.25) is 0 Å². The van der Waals surface area contributed by atoms with Crippen LogP contribution >= 0.6 is 0 Å². The van der Waals surface area contributed by atoms with Gasteiger partial charge in [-0.1, -0.05) is 24.3 Å². The number of nitrogens with zero attached hydrogens (tertiary/aromatic N) is 2. The van der Waals surface area contributed by atoms with Crippen molar-refractivity contribution in [3.05, 3.63) is 47.0 Å². The molecular formula is C13H12N2. The van der Waals surface area contributed by atoms with Crippen LogP contribution in [0.2, 0.25) is 0 Å². The first-order valence-electron chi connectivity index (χ1n) is 5.18. The van der Waals surface area contributed by atoms with E-state index in [1.165, 1.54) is 22.4 Å². The molecule has 0 N–H and O–H groups in total. The highest BCUT2D eigenvalue weighted by atomic mass is 14.9. The summed E-state index contributed by atoms with van der Waals surface area (Å²) < 4.78 is 0. The van der Waals surface area contributed by atoms with E-state index in [1.807, 2.05) is 6.92 Å². The van der Waals surface area contributed by atoms with Gasteiger partial charge in [0.2, 0.25) is 0 Å². The zero-order valence-corrected chi connectivity index (χ0v) is 8.91. The predicted octanol–water partition coefficient (Wildman–Crippen LogP) is 2.66. The molecule has 0 radical (unpaired) electrons. The number of benzene rings is 1. The van der Waals surface area contributed by atoms with E-state index in [9.17, 15) is 0 Å². The van der Waals surface area contributed by atoms with E-state index in [2.05, 4.69) is 41.2 Å². The molecule has 0 spiro atoms. The van der Waals surface area contributed by atoms with Crippen LogP contribution in [0.25, 0.3) is 11.1 Å². The summed E-state index contributed by atoms with van der Waals surface area (Å²) in [5, 5.41) is 0. The number of fused-ring (bicyclic) bond motifs is 3. The molecular weight excluding hydrogens is 184 g/mol. The van der Waals surface area contributed by atoms with Gasteiger partial charge in [0, 0.05) is 17.7 Å². The average molecular weight is 196 g/mol. The number of rotatable bonds is 0. The van der Waals surface area contributed by atoms with Crippen LogP contribution in [-0.4, -0.2) is 9.97 Å². The molecule has 74 valence electrons. The molecule has 15 heavy (non-hydrogen) atoms. The smallest absolute Gasteiger partial charge is 0.125 e. The average Bonchev–Trinajstić information content (AvgIpc) is 2.54. The van der Waals surface area contributed by atoms with E-state index < -0.39 is 0 Å².